The normalized spacial score (nSPS) is 17.6. The van der Waals surface area contributed by atoms with Crippen LogP contribution in [-0.4, -0.2) is 15.1 Å². The molecule has 2 aromatic rings. The first-order valence-corrected chi connectivity index (χ1v) is 7.37. The summed E-state index contributed by atoms with van der Waals surface area (Å²) in [6, 6.07) is 7.71. The summed E-state index contributed by atoms with van der Waals surface area (Å²) in [5, 5.41) is 6.07. The van der Waals surface area contributed by atoms with Gasteiger partial charge in [-0.3, -0.25) is 9.48 Å². The molecule has 0 radical (unpaired) electrons. The number of aromatic nitrogens is 2. The molecule has 1 fully saturated rings. The number of para-hydroxylation sites is 1. The van der Waals surface area contributed by atoms with E-state index in [0.29, 0.717) is 5.41 Å². The van der Waals surface area contributed by atoms with Crippen molar-refractivity contribution in [1.29, 1.82) is 0 Å². The minimum absolute atomic E-state index is 0.00310. The van der Waals surface area contributed by atoms with E-state index in [4.69, 9.17) is 0 Å². The van der Waals surface area contributed by atoms with Crippen LogP contribution in [0.2, 0.25) is 0 Å². The van der Waals surface area contributed by atoms with Crippen molar-refractivity contribution in [3.05, 3.63) is 40.7 Å². The number of hydrogen-bond donors (Lipinski definition) is 0. The monoisotopic (exact) mass is 306 g/mol. The van der Waals surface area contributed by atoms with Crippen molar-refractivity contribution in [2.75, 3.05) is 5.33 Å². The molecule has 4 heteroatoms. The third kappa shape index (κ3) is 1.88. The third-order valence-electron chi connectivity index (χ3n) is 3.94. The summed E-state index contributed by atoms with van der Waals surface area (Å²) < 4.78 is 1.98. The van der Waals surface area contributed by atoms with E-state index in [1.54, 1.807) is 0 Å². The van der Waals surface area contributed by atoms with Gasteiger partial charge in [-0.05, 0) is 30.4 Å². The topological polar surface area (TPSA) is 34.9 Å². The predicted octanol–water partition coefficient (Wildman–Crippen LogP) is 2.96. The zero-order valence-corrected chi connectivity index (χ0v) is 11.7. The second kappa shape index (κ2) is 4.50. The fourth-order valence-corrected chi connectivity index (χ4v) is 3.35. The molecule has 1 heterocycles. The van der Waals surface area contributed by atoms with Gasteiger partial charge in [-0.25, -0.2) is 0 Å². The quantitative estimate of drug-likeness (QED) is 0.817. The number of rotatable bonds is 3. The Bertz CT molecular complexity index is 625. The van der Waals surface area contributed by atoms with Gasteiger partial charge >= 0.3 is 0 Å². The van der Waals surface area contributed by atoms with Crippen molar-refractivity contribution in [2.24, 2.45) is 5.41 Å². The summed E-state index contributed by atoms with van der Waals surface area (Å²) in [6.07, 6.45) is 5.20. The van der Waals surface area contributed by atoms with Crippen molar-refractivity contribution in [3.8, 4) is 0 Å². The standard InChI is InChI=1S/C14H15BrN2O/c15-9-14(6-3-7-14)10-17-12-5-2-1-4-11(12)13(18)8-16-17/h1-2,4-5,8H,3,6-7,9-10H2. The largest absolute Gasteiger partial charge is 0.287 e. The Morgan fingerprint density at radius 3 is 2.78 bits per heavy atom. The van der Waals surface area contributed by atoms with E-state index in [2.05, 4.69) is 21.0 Å². The van der Waals surface area contributed by atoms with Crippen molar-refractivity contribution in [1.82, 2.24) is 9.78 Å². The van der Waals surface area contributed by atoms with Crippen molar-refractivity contribution in [3.63, 3.8) is 0 Å². The van der Waals surface area contributed by atoms with Crippen molar-refractivity contribution < 1.29 is 0 Å². The smallest absolute Gasteiger partial charge is 0.207 e. The van der Waals surface area contributed by atoms with Crippen LogP contribution in [0.5, 0.6) is 0 Å². The average molecular weight is 307 g/mol. The second-order valence-electron chi connectivity index (χ2n) is 5.17. The van der Waals surface area contributed by atoms with Gasteiger partial charge in [0.2, 0.25) is 5.43 Å². The molecule has 1 saturated carbocycles. The van der Waals surface area contributed by atoms with Crippen LogP contribution >= 0.6 is 15.9 Å². The lowest BCUT2D eigenvalue weighted by atomic mass is 9.70. The molecule has 1 aromatic heterocycles. The van der Waals surface area contributed by atoms with Crippen LogP contribution in [-0.2, 0) is 6.54 Å². The van der Waals surface area contributed by atoms with Gasteiger partial charge in [0.05, 0.1) is 11.7 Å². The molecule has 0 spiro atoms. The molecule has 0 amide bonds. The lowest BCUT2D eigenvalue weighted by molar-refractivity contribution is 0.135. The third-order valence-corrected chi connectivity index (χ3v) is 5.13. The molecular formula is C14H15BrN2O. The van der Waals surface area contributed by atoms with Gasteiger partial charge in [-0.1, -0.05) is 34.5 Å². The summed E-state index contributed by atoms with van der Waals surface area (Å²) in [5.74, 6) is 0. The van der Waals surface area contributed by atoms with Crippen LogP contribution in [0.15, 0.2) is 35.3 Å². The summed E-state index contributed by atoms with van der Waals surface area (Å²) in [7, 11) is 0. The minimum Gasteiger partial charge on any atom is -0.287 e. The SMILES string of the molecule is O=c1cnn(CC2(CBr)CCC2)c2ccccc12. The predicted molar refractivity (Wildman–Crippen MR) is 76.1 cm³/mol. The Hall–Kier alpha value is -1.16. The molecule has 1 aliphatic rings. The molecule has 1 aromatic carbocycles. The van der Waals surface area contributed by atoms with Crippen LogP contribution in [0.3, 0.4) is 0 Å². The van der Waals surface area contributed by atoms with Crippen LogP contribution in [0, 0.1) is 5.41 Å². The van der Waals surface area contributed by atoms with Crippen LogP contribution < -0.4 is 5.43 Å². The van der Waals surface area contributed by atoms with E-state index >= 15 is 0 Å². The van der Waals surface area contributed by atoms with Gasteiger partial charge in [0.15, 0.2) is 0 Å². The Kier molecular flexibility index (Phi) is 2.98. The fourth-order valence-electron chi connectivity index (χ4n) is 2.62. The number of nitrogens with zero attached hydrogens (tertiary/aromatic N) is 2. The fraction of sp³-hybridized carbons (Fsp3) is 0.429. The summed E-state index contributed by atoms with van der Waals surface area (Å²) in [4.78, 5) is 11.8. The highest BCUT2D eigenvalue weighted by Crippen LogP contribution is 2.43. The van der Waals surface area contributed by atoms with E-state index in [1.807, 2.05) is 28.9 Å². The van der Waals surface area contributed by atoms with Gasteiger partial charge in [-0.15, -0.1) is 0 Å². The maximum Gasteiger partial charge on any atom is 0.207 e. The average Bonchev–Trinajstić information content (AvgIpc) is 2.37. The van der Waals surface area contributed by atoms with Gasteiger partial charge < -0.3 is 0 Å². The molecule has 0 atom stereocenters. The maximum atomic E-state index is 11.8. The van der Waals surface area contributed by atoms with E-state index in [-0.39, 0.29) is 5.43 Å². The molecule has 1 aliphatic carbocycles. The molecule has 0 N–H and O–H groups in total. The minimum atomic E-state index is 0.00310. The first-order chi connectivity index (χ1) is 8.74. The van der Waals surface area contributed by atoms with Gasteiger partial charge in [-0.2, -0.15) is 5.10 Å². The van der Waals surface area contributed by atoms with Crippen LogP contribution in [0.25, 0.3) is 10.9 Å². The number of halogens is 1. The summed E-state index contributed by atoms with van der Waals surface area (Å²) in [6.45, 7) is 0.888. The lowest BCUT2D eigenvalue weighted by Gasteiger charge is -2.40. The van der Waals surface area contributed by atoms with Gasteiger partial charge in [0.25, 0.3) is 0 Å². The van der Waals surface area contributed by atoms with E-state index in [9.17, 15) is 4.79 Å². The van der Waals surface area contributed by atoms with Crippen LogP contribution in [0.1, 0.15) is 19.3 Å². The molecule has 0 saturated heterocycles. The van der Waals surface area contributed by atoms with Gasteiger partial charge in [0.1, 0.15) is 0 Å². The highest BCUT2D eigenvalue weighted by atomic mass is 79.9. The summed E-state index contributed by atoms with van der Waals surface area (Å²) >= 11 is 3.62. The Labute approximate surface area is 114 Å². The number of fused-ring (bicyclic) bond motifs is 1. The maximum absolute atomic E-state index is 11.8. The van der Waals surface area contributed by atoms with Crippen molar-refractivity contribution >= 4 is 26.8 Å². The zero-order chi connectivity index (χ0) is 12.6. The molecule has 0 aliphatic heterocycles. The van der Waals surface area contributed by atoms with Gasteiger partial charge in [0, 0.05) is 17.3 Å². The van der Waals surface area contributed by atoms with E-state index in [1.165, 1.54) is 25.5 Å². The molecule has 3 rings (SSSR count). The first kappa shape index (κ1) is 11.9. The number of benzene rings is 1. The Morgan fingerprint density at radius 1 is 1.33 bits per heavy atom. The molecular weight excluding hydrogens is 292 g/mol. The number of hydrogen-bond acceptors (Lipinski definition) is 2. The zero-order valence-electron chi connectivity index (χ0n) is 10.1. The van der Waals surface area contributed by atoms with E-state index in [0.717, 1.165) is 22.8 Å². The highest BCUT2D eigenvalue weighted by Gasteiger charge is 2.36. The van der Waals surface area contributed by atoms with E-state index < -0.39 is 0 Å². The molecule has 18 heavy (non-hydrogen) atoms. The second-order valence-corrected chi connectivity index (χ2v) is 5.73. The van der Waals surface area contributed by atoms with Crippen LogP contribution in [0.4, 0.5) is 0 Å². The highest BCUT2D eigenvalue weighted by molar-refractivity contribution is 9.09. The van der Waals surface area contributed by atoms with Crippen molar-refractivity contribution in [2.45, 2.75) is 25.8 Å². The lowest BCUT2D eigenvalue weighted by Crippen LogP contribution is -2.36. The Morgan fingerprint density at radius 2 is 2.11 bits per heavy atom. The summed E-state index contributed by atoms with van der Waals surface area (Å²) in [5.41, 5.74) is 1.27. The number of alkyl halides is 1. The molecule has 3 nitrogen and oxygen atoms in total. The molecule has 94 valence electrons. The Balaban J connectivity index is 2.07. The first-order valence-electron chi connectivity index (χ1n) is 6.25. The molecule has 0 bridgehead atoms. The molecule has 0 unspecified atom stereocenters.